The van der Waals surface area contributed by atoms with Crippen molar-refractivity contribution in [2.45, 2.75) is 19.1 Å². The van der Waals surface area contributed by atoms with Crippen molar-refractivity contribution in [3.8, 4) is 0 Å². The molecule has 0 saturated heterocycles. The maximum Gasteiger partial charge on any atom is 0.130 e. The average molecular weight is 187 g/mol. The Bertz CT molecular complexity index is 302. The third-order valence-electron chi connectivity index (χ3n) is 1.84. The monoisotopic (exact) mass is 187 g/mol. The highest BCUT2D eigenvalue weighted by Crippen LogP contribution is 2.18. The van der Waals surface area contributed by atoms with Gasteiger partial charge in [-0.15, -0.1) is 0 Å². The van der Waals surface area contributed by atoms with Crippen LogP contribution in [-0.4, -0.2) is 11.2 Å². The maximum atomic E-state index is 13.0. The molecule has 4 heteroatoms. The van der Waals surface area contributed by atoms with Crippen LogP contribution < -0.4 is 5.73 Å². The molecule has 0 aromatic heterocycles. The Labute approximate surface area is 75.0 Å². The Morgan fingerprint density at radius 1 is 1.38 bits per heavy atom. The van der Waals surface area contributed by atoms with Crippen molar-refractivity contribution in [3.05, 3.63) is 35.4 Å². The highest BCUT2D eigenvalue weighted by atomic mass is 19.1. The van der Waals surface area contributed by atoms with Gasteiger partial charge in [0.25, 0.3) is 0 Å². The summed E-state index contributed by atoms with van der Waals surface area (Å²) >= 11 is 0. The minimum atomic E-state index is -0.861. The molecular formula is C9H11F2NO. The highest BCUT2D eigenvalue weighted by Gasteiger charge is 2.16. The molecule has 0 fully saturated rings. The summed E-state index contributed by atoms with van der Waals surface area (Å²) in [5.74, 6) is -1.38. The normalized spacial score (nSPS) is 15.5. The van der Waals surface area contributed by atoms with Gasteiger partial charge in [0.2, 0.25) is 0 Å². The Kier molecular flexibility index (Phi) is 2.95. The molecule has 0 aliphatic rings. The lowest BCUT2D eigenvalue weighted by molar-refractivity contribution is 0.162. The zero-order valence-electron chi connectivity index (χ0n) is 7.17. The van der Waals surface area contributed by atoms with Gasteiger partial charge >= 0.3 is 0 Å². The summed E-state index contributed by atoms with van der Waals surface area (Å²) in [7, 11) is 0. The molecule has 2 atom stereocenters. The van der Waals surface area contributed by atoms with Crippen LogP contribution in [0.5, 0.6) is 0 Å². The van der Waals surface area contributed by atoms with Gasteiger partial charge < -0.3 is 10.8 Å². The van der Waals surface area contributed by atoms with Gasteiger partial charge in [-0.3, -0.25) is 0 Å². The first-order valence-corrected chi connectivity index (χ1v) is 3.91. The van der Waals surface area contributed by atoms with E-state index in [2.05, 4.69) is 0 Å². The van der Waals surface area contributed by atoms with Crippen LogP contribution in [0.3, 0.4) is 0 Å². The summed E-state index contributed by atoms with van der Waals surface area (Å²) in [5.41, 5.74) is 5.60. The predicted octanol–water partition coefficient (Wildman–Crippen LogP) is 1.35. The summed E-state index contributed by atoms with van der Waals surface area (Å²) in [4.78, 5) is 0. The Morgan fingerprint density at radius 3 is 2.46 bits per heavy atom. The molecule has 0 aliphatic heterocycles. The van der Waals surface area contributed by atoms with Gasteiger partial charge in [0, 0.05) is 11.6 Å². The summed E-state index contributed by atoms with van der Waals surface area (Å²) < 4.78 is 25.5. The van der Waals surface area contributed by atoms with Crippen molar-refractivity contribution >= 4 is 0 Å². The van der Waals surface area contributed by atoms with Crippen molar-refractivity contribution in [2.24, 2.45) is 5.73 Å². The quantitative estimate of drug-likeness (QED) is 0.734. The second-order valence-electron chi connectivity index (χ2n) is 2.93. The van der Waals surface area contributed by atoms with Crippen molar-refractivity contribution in [2.75, 3.05) is 0 Å². The van der Waals surface area contributed by atoms with Crippen molar-refractivity contribution in [3.63, 3.8) is 0 Å². The molecule has 0 heterocycles. The molecule has 2 nitrogen and oxygen atoms in total. The van der Waals surface area contributed by atoms with Crippen molar-refractivity contribution in [1.82, 2.24) is 0 Å². The lowest BCUT2D eigenvalue weighted by atomic mass is 10.0. The molecule has 3 N–H and O–H groups in total. The number of hydrogen-bond acceptors (Lipinski definition) is 2. The maximum absolute atomic E-state index is 13.0. The van der Waals surface area contributed by atoms with Crippen LogP contribution in [0.2, 0.25) is 0 Å². The Morgan fingerprint density at radius 2 is 2.00 bits per heavy atom. The third kappa shape index (κ3) is 2.23. The number of nitrogens with two attached hydrogens (primary N) is 1. The first-order chi connectivity index (χ1) is 6.02. The average Bonchev–Trinajstić information content (AvgIpc) is 2.03. The molecule has 0 radical (unpaired) electrons. The van der Waals surface area contributed by atoms with Crippen LogP contribution in [-0.2, 0) is 0 Å². The van der Waals surface area contributed by atoms with Crippen LogP contribution in [0.25, 0.3) is 0 Å². The van der Waals surface area contributed by atoms with Gasteiger partial charge in [-0.05, 0) is 13.0 Å². The molecule has 1 aromatic rings. The molecule has 0 bridgehead atoms. The molecule has 72 valence electrons. The number of benzene rings is 1. The number of rotatable bonds is 2. The summed E-state index contributed by atoms with van der Waals surface area (Å²) in [6.07, 6.45) is -0.861. The van der Waals surface area contributed by atoms with E-state index in [0.717, 1.165) is 12.1 Å². The fourth-order valence-corrected chi connectivity index (χ4v) is 1.03. The summed E-state index contributed by atoms with van der Waals surface area (Å²) in [6, 6.07) is 2.28. The van der Waals surface area contributed by atoms with Gasteiger partial charge in [-0.1, -0.05) is 6.07 Å². The minimum absolute atomic E-state index is 0.122. The second kappa shape index (κ2) is 3.81. The molecule has 1 rings (SSSR count). The fraction of sp³-hybridized carbons (Fsp3) is 0.333. The molecule has 0 saturated carbocycles. The van der Waals surface area contributed by atoms with E-state index in [1.54, 1.807) is 0 Å². The fourth-order valence-electron chi connectivity index (χ4n) is 1.03. The van der Waals surface area contributed by atoms with E-state index in [1.165, 1.54) is 13.0 Å². The van der Waals surface area contributed by atoms with Crippen LogP contribution in [0.15, 0.2) is 18.2 Å². The Balaban J connectivity index is 3.01. The van der Waals surface area contributed by atoms with E-state index in [9.17, 15) is 8.78 Å². The lowest BCUT2D eigenvalue weighted by Crippen LogP contribution is -2.24. The van der Waals surface area contributed by atoms with E-state index < -0.39 is 23.8 Å². The van der Waals surface area contributed by atoms with Crippen LogP contribution in [0.4, 0.5) is 8.78 Å². The molecular weight excluding hydrogens is 176 g/mol. The first-order valence-electron chi connectivity index (χ1n) is 3.91. The van der Waals surface area contributed by atoms with Crippen molar-refractivity contribution in [1.29, 1.82) is 0 Å². The van der Waals surface area contributed by atoms with E-state index in [4.69, 9.17) is 10.8 Å². The smallest absolute Gasteiger partial charge is 0.130 e. The van der Waals surface area contributed by atoms with Gasteiger partial charge in [0.15, 0.2) is 0 Å². The number of halogens is 2. The van der Waals surface area contributed by atoms with Crippen molar-refractivity contribution < 1.29 is 13.9 Å². The minimum Gasteiger partial charge on any atom is -0.391 e. The molecule has 0 amide bonds. The van der Waals surface area contributed by atoms with Crippen LogP contribution in [0, 0.1) is 11.6 Å². The van der Waals surface area contributed by atoms with E-state index in [1.807, 2.05) is 0 Å². The molecule has 1 aromatic carbocycles. The second-order valence-corrected chi connectivity index (χ2v) is 2.93. The lowest BCUT2D eigenvalue weighted by Gasteiger charge is -2.15. The largest absolute Gasteiger partial charge is 0.391 e. The van der Waals surface area contributed by atoms with Crippen LogP contribution in [0.1, 0.15) is 18.5 Å². The van der Waals surface area contributed by atoms with E-state index in [-0.39, 0.29) is 5.56 Å². The van der Waals surface area contributed by atoms with E-state index in [0.29, 0.717) is 0 Å². The number of hydrogen-bond donors (Lipinski definition) is 2. The molecule has 2 unspecified atom stereocenters. The van der Waals surface area contributed by atoms with Gasteiger partial charge in [0.05, 0.1) is 12.1 Å². The first kappa shape index (κ1) is 10.1. The number of aliphatic hydroxyl groups excluding tert-OH is 1. The highest BCUT2D eigenvalue weighted by molar-refractivity contribution is 5.22. The molecule has 13 heavy (non-hydrogen) atoms. The van der Waals surface area contributed by atoms with Gasteiger partial charge in [0.1, 0.15) is 11.6 Å². The summed E-state index contributed by atoms with van der Waals surface area (Å²) in [6.45, 7) is 1.45. The number of aliphatic hydroxyl groups is 1. The standard InChI is InChI=1S/C9H11F2NO/c1-5(13)9(12)7-3-2-6(10)4-8(7)11/h2-5,9,13H,12H2,1H3. The van der Waals surface area contributed by atoms with Gasteiger partial charge in [-0.2, -0.15) is 0 Å². The molecule has 0 spiro atoms. The SMILES string of the molecule is CC(O)C(N)c1ccc(F)cc1F. The Hall–Kier alpha value is -1.00. The molecule has 0 aliphatic carbocycles. The van der Waals surface area contributed by atoms with Gasteiger partial charge in [-0.25, -0.2) is 8.78 Å². The van der Waals surface area contributed by atoms with E-state index >= 15 is 0 Å². The third-order valence-corrected chi connectivity index (χ3v) is 1.84. The van der Waals surface area contributed by atoms with Crippen LogP contribution >= 0.6 is 0 Å². The zero-order valence-corrected chi connectivity index (χ0v) is 7.17. The predicted molar refractivity (Wildman–Crippen MR) is 45.0 cm³/mol. The summed E-state index contributed by atoms with van der Waals surface area (Å²) in [5, 5.41) is 9.08. The topological polar surface area (TPSA) is 46.2 Å². The zero-order chi connectivity index (χ0) is 10.0.